The van der Waals surface area contributed by atoms with E-state index >= 15 is 0 Å². The Kier molecular flexibility index (Phi) is 21.0. The SMILES string of the molecule is C=CCCCCCCC(C)CC(F)(F)C(F)(F)C(F)(F)C(F)(F)C(F)(F)C(F)(F)C(F)(F)C(F)(F)CC(C)CCCCCCC(C)CC(F)(F)C(F)(F)C(F)(F)C(F)(F)C(F)(F)C(F)(F)I. The summed E-state index contributed by atoms with van der Waals surface area (Å²) in [7, 11) is 0. The number of unbranched alkanes of at least 4 members (excludes halogenated alkanes) is 7. The number of hydrogen-bond acceptors (Lipinski definition) is 0. The lowest BCUT2D eigenvalue weighted by Gasteiger charge is -2.44. The Morgan fingerprint density at radius 3 is 0.727 bits per heavy atom. The molecule has 0 amide bonds. The van der Waals surface area contributed by atoms with Gasteiger partial charge in [-0.05, 0) is 30.6 Å². The zero-order valence-corrected chi connectivity index (χ0v) is 36.7. The molecule has 0 aliphatic heterocycles. The van der Waals surface area contributed by atoms with E-state index < -0.39 is 173 Å². The molecule has 3 unspecified atom stereocenters. The molecule has 0 rings (SSSR count). The fourth-order valence-corrected chi connectivity index (χ4v) is 6.87. The molecule has 0 spiro atoms. The summed E-state index contributed by atoms with van der Waals surface area (Å²) in [6, 6.07) is 0. The first-order valence-electron chi connectivity index (χ1n) is 19.5. The van der Waals surface area contributed by atoms with Crippen LogP contribution in [0.25, 0.3) is 0 Å². The van der Waals surface area contributed by atoms with Gasteiger partial charge in [0.15, 0.2) is 0 Å². The molecule has 0 aliphatic rings. The quantitative estimate of drug-likeness (QED) is 0.0207. The second-order valence-corrected chi connectivity index (χ2v) is 17.9. The fourth-order valence-electron chi connectivity index (χ4n) is 6.53. The van der Waals surface area contributed by atoms with E-state index in [-0.39, 0.29) is 25.7 Å². The monoisotopic (exact) mass is 1150 g/mol. The number of hydrogen-bond donors (Lipinski definition) is 0. The molecule has 0 saturated carbocycles. The van der Waals surface area contributed by atoms with Crippen molar-refractivity contribution in [1.29, 1.82) is 0 Å². The molecule has 0 radical (unpaired) electrons. The van der Waals surface area contributed by atoms with Gasteiger partial charge < -0.3 is 0 Å². The van der Waals surface area contributed by atoms with Crippen LogP contribution in [0.2, 0.25) is 0 Å². The van der Waals surface area contributed by atoms with E-state index in [0.29, 0.717) is 33.1 Å². The summed E-state index contributed by atoms with van der Waals surface area (Å²) in [5.74, 6) is -105. The van der Waals surface area contributed by atoms with Crippen molar-refractivity contribution >= 4 is 22.6 Å². The molecular weight excluding hydrogens is 1100 g/mol. The Labute approximate surface area is 373 Å². The summed E-state index contributed by atoms with van der Waals surface area (Å²) >= 11 is -0.816. The van der Waals surface area contributed by atoms with Gasteiger partial charge in [-0.1, -0.05) is 91.1 Å². The van der Waals surface area contributed by atoms with Gasteiger partial charge in [0.1, 0.15) is 0 Å². The van der Waals surface area contributed by atoms with E-state index in [2.05, 4.69) is 6.58 Å². The minimum absolute atomic E-state index is 0.0295. The zero-order chi connectivity index (χ0) is 53.0. The molecule has 0 fully saturated rings. The van der Waals surface area contributed by atoms with E-state index in [0.717, 1.165) is 6.92 Å². The smallest absolute Gasteiger partial charge is 0.200 e. The number of rotatable bonds is 32. The predicted molar refractivity (Wildman–Crippen MR) is 190 cm³/mol. The second-order valence-electron chi connectivity index (χ2n) is 16.6. The Morgan fingerprint density at radius 1 is 0.318 bits per heavy atom. The minimum Gasteiger partial charge on any atom is -0.200 e. The van der Waals surface area contributed by atoms with Crippen molar-refractivity contribution in [2.75, 3.05) is 0 Å². The topological polar surface area (TPSA) is 0 Å². The molecule has 0 heterocycles. The van der Waals surface area contributed by atoms with Crippen molar-refractivity contribution in [3.8, 4) is 0 Å². The van der Waals surface area contributed by atoms with Crippen LogP contribution in [-0.2, 0) is 0 Å². The van der Waals surface area contributed by atoms with Gasteiger partial charge in [-0.15, -0.1) is 6.58 Å². The summed E-state index contributed by atoms with van der Waals surface area (Å²) in [6.07, 6.45) is -8.02. The van der Waals surface area contributed by atoms with E-state index in [1.807, 2.05) is 0 Å². The normalized spacial score (nSPS) is 17.0. The van der Waals surface area contributed by atoms with Crippen LogP contribution >= 0.6 is 22.6 Å². The third kappa shape index (κ3) is 12.3. The summed E-state index contributed by atoms with van der Waals surface area (Å²) < 4.78 is 389. The van der Waals surface area contributed by atoms with Gasteiger partial charge in [-0.25, -0.2) is 0 Å². The molecule has 66 heavy (non-hydrogen) atoms. The van der Waals surface area contributed by atoms with Crippen molar-refractivity contribution in [3.05, 3.63) is 12.7 Å². The number of allylic oxidation sites excluding steroid dienone is 1. The first-order chi connectivity index (χ1) is 28.9. The van der Waals surface area contributed by atoms with Crippen LogP contribution in [-0.4, -0.2) is 80.9 Å². The Balaban J connectivity index is 5.75. The molecule has 396 valence electrons. The molecule has 0 aromatic heterocycles. The molecule has 0 aliphatic carbocycles. The summed E-state index contributed by atoms with van der Waals surface area (Å²) in [4.78, 5) is 0. The van der Waals surface area contributed by atoms with Crippen LogP contribution in [0, 0.1) is 17.8 Å². The van der Waals surface area contributed by atoms with Crippen LogP contribution in [0.1, 0.15) is 117 Å². The molecule has 29 heteroatoms. The van der Waals surface area contributed by atoms with Crippen molar-refractivity contribution in [1.82, 2.24) is 0 Å². The molecule has 0 bridgehead atoms. The van der Waals surface area contributed by atoms with Gasteiger partial charge in [-0.3, -0.25) is 0 Å². The van der Waals surface area contributed by atoms with Crippen LogP contribution in [0.3, 0.4) is 0 Å². The first kappa shape index (κ1) is 64.5. The average Bonchev–Trinajstić information content (AvgIpc) is 3.12. The highest BCUT2D eigenvalue weighted by atomic mass is 127. The highest BCUT2D eigenvalue weighted by Gasteiger charge is 2.95. The Bertz CT molecular complexity index is 1520. The van der Waals surface area contributed by atoms with Gasteiger partial charge in [0.2, 0.25) is 0 Å². The van der Waals surface area contributed by atoms with Crippen molar-refractivity contribution in [2.45, 2.75) is 198 Å². The van der Waals surface area contributed by atoms with Gasteiger partial charge in [0, 0.05) is 41.9 Å². The molecular formula is C37H45F28I. The van der Waals surface area contributed by atoms with Crippen molar-refractivity contribution in [2.24, 2.45) is 17.8 Å². The maximum Gasteiger partial charge on any atom is 0.387 e. The van der Waals surface area contributed by atoms with E-state index in [9.17, 15) is 123 Å². The fraction of sp³-hybridized carbons (Fsp3) is 0.946. The third-order valence-corrected chi connectivity index (χ3v) is 11.4. The number of halogens is 29. The highest BCUT2D eigenvalue weighted by molar-refractivity contribution is 14.1. The lowest BCUT2D eigenvalue weighted by Crippen LogP contribution is -2.74. The molecule has 0 aromatic carbocycles. The van der Waals surface area contributed by atoms with Gasteiger partial charge in [0.25, 0.3) is 0 Å². The van der Waals surface area contributed by atoms with Crippen LogP contribution in [0.4, 0.5) is 123 Å². The maximum absolute atomic E-state index is 14.6. The van der Waals surface area contributed by atoms with E-state index in [4.69, 9.17) is 0 Å². The zero-order valence-electron chi connectivity index (χ0n) is 34.6. The Hall–Kier alpha value is -1.49. The molecule has 0 saturated heterocycles. The average molecular weight is 1150 g/mol. The highest BCUT2D eigenvalue weighted by Crippen LogP contribution is 2.65. The van der Waals surface area contributed by atoms with E-state index in [1.165, 1.54) is 6.08 Å². The van der Waals surface area contributed by atoms with E-state index in [1.54, 1.807) is 0 Å². The third-order valence-electron chi connectivity index (χ3n) is 10.7. The summed E-state index contributed by atoms with van der Waals surface area (Å²) in [5, 5.41) is 0. The lowest BCUT2D eigenvalue weighted by atomic mass is 9.83. The first-order valence-corrected chi connectivity index (χ1v) is 20.6. The lowest BCUT2D eigenvalue weighted by molar-refractivity contribution is -0.454. The maximum atomic E-state index is 14.6. The predicted octanol–water partition coefficient (Wildman–Crippen LogP) is 18.2. The van der Waals surface area contributed by atoms with Gasteiger partial charge in [-0.2, -0.15) is 123 Å². The minimum atomic E-state index is -8.61. The molecule has 0 N–H and O–H groups in total. The second kappa shape index (κ2) is 21.5. The van der Waals surface area contributed by atoms with Crippen LogP contribution < -0.4 is 0 Å². The Morgan fingerprint density at radius 2 is 0.515 bits per heavy atom. The van der Waals surface area contributed by atoms with Crippen LogP contribution in [0.5, 0.6) is 0 Å². The molecule has 3 atom stereocenters. The van der Waals surface area contributed by atoms with Gasteiger partial charge in [0.05, 0.1) is 0 Å². The standard InChI is InChI=1S/C37H45F28I/c1-5-6-7-8-9-12-15-21(2)18-24(38,39)27(44,45)30(50,51)33(56,57)34(58,59)31(52,53)28(46,47)25(40,41)19-22(3)16-13-10-11-14-17-23(4)20-26(42,43)29(48,49)32(54,55)35(60,61)36(62,63)37(64,65)66/h5,21-23H,1,6-20H2,2-4H3. The molecule has 0 nitrogen and oxygen atoms in total. The number of alkyl halides is 29. The molecule has 0 aromatic rings. The van der Waals surface area contributed by atoms with Crippen LogP contribution in [0.15, 0.2) is 12.7 Å². The van der Waals surface area contributed by atoms with Crippen molar-refractivity contribution < 1.29 is 123 Å². The van der Waals surface area contributed by atoms with Crippen molar-refractivity contribution in [3.63, 3.8) is 0 Å². The summed E-state index contributed by atoms with van der Waals surface area (Å²) in [6.45, 7) is 5.25. The summed E-state index contributed by atoms with van der Waals surface area (Å²) in [5.41, 5.74) is 0. The van der Waals surface area contributed by atoms with Gasteiger partial charge >= 0.3 is 80.9 Å². The largest absolute Gasteiger partial charge is 0.387 e.